The van der Waals surface area contributed by atoms with Crippen LogP contribution < -0.4 is 11.1 Å². The second kappa shape index (κ2) is 8.74. The first kappa shape index (κ1) is 20.2. The van der Waals surface area contributed by atoms with Crippen LogP contribution in [0.25, 0.3) is 0 Å². The molecular weight excluding hydrogens is 414 g/mol. The first-order chi connectivity index (χ1) is 14.6. The van der Waals surface area contributed by atoms with Crippen molar-refractivity contribution in [3.05, 3.63) is 75.7 Å². The highest BCUT2D eigenvalue weighted by Crippen LogP contribution is 2.39. The summed E-state index contributed by atoms with van der Waals surface area (Å²) in [5.74, 6) is -0.802. The lowest BCUT2D eigenvalue weighted by atomic mass is 9.95. The molecule has 3 aromatic rings. The highest BCUT2D eigenvalue weighted by molar-refractivity contribution is 7.99. The number of nitriles is 1. The van der Waals surface area contributed by atoms with Gasteiger partial charge in [0.2, 0.25) is 0 Å². The van der Waals surface area contributed by atoms with Gasteiger partial charge in [0.25, 0.3) is 11.8 Å². The molecule has 0 unspecified atom stereocenters. The Hall–Kier alpha value is -3.08. The van der Waals surface area contributed by atoms with E-state index in [0.29, 0.717) is 21.7 Å². The van der Waals surface area contributed by atoms with Crippen LogP contribution in [0.15, 0.2) is 58.3 Å². The smallest absolute Gasteiger partial charge is 0.257 e. The lowest BCUT2D eigenvalue weighted by Gasteiger charge is -2.12. The minimum absolute atomic E-state index is 0.298. The average molecular weight is 434 g/mol. The van der Waals surface area contributed by atoms with Crippen molar-refractivity contribution in [1.29, 1.82) is 5.26 Å². The Kier molecular flexibility index (Phi) is 5.88. The summed E-state index contributed by atoms with van der Waals surface area (Å²) in [4.78, 5) is 27.9. The van der Waals surface area contributed by atoms with Crippen LogP contribution in [-0.4, -0.2) is 11.8 Å². The normalized spacial score (nSPS) is 12.6. The third-order valence-electron chi connectivity index (χ3n) is 5.00. The van der Waals surface area contributed by atoms with Crippen LogP contribution in [0.3, 0.4) is 0 Å². The van der Waals surface area contributed by atoms with Crippen molar-refractivity contribution in [2.75, 3.05) is 5.32 Å². The molecule has 5 nitrogen and oxygen atoms in total. The molecule has 0 saturated heterocycles. The van der Waals surface area contributed by atoms with Gasteiger partial charge in [-0.15, -0.1) is 11.3 Å². The van der Waals surface area contributed by atoms with E-state index in [-0.39, 0.29) is 5.91 Å². The Balaban J connectivity index is 1.65. The topological polar surface area (TPSA) is 96.0 Å². The van der Waals surface area contributed by atoms with Gasteiger partial charge in [0.15, 0.2) is 0 Å². The molecule has 1 aliphatic carbocycles. The Morgan fingerprint density at radius 3 is 2.50 bits per heavy atom. The Morgan fingerprint density at radius 1 is 1.03 bits per heavy atom. The monoisotopic (exact) mass is 433 g/mol. The Labute approximate surface area is 182 Å². The van der Waals surface area contributed by atoms with Gasteiger partial charge in [-0.25, -0.2) is 0 Å². The first-order valence-electron chi connectivity index (χ1n) is 9.60. The van der Waals surface area contributed by atoms with E-state index in [2.05, 4.69) is 11.4 Å². The number of anilines is 1. The minimum atomic E-state index is -0.504. The van der Waals surface area contributed by atoms with E-state index in [1.807, 2.05) is 30.3 Å². The number of nitrogens with one attached hydrogen (secondary N) is 1. The lowest BCUT2D eigenvalue weighted by molar-refractivity contribution is 0.100. The predicted molar refractivity (Wildman–Crippen MR) is 119 cm³/mol. The number of hydrogen-bond acceptors (Lipinski definition) is 5. The second-order valence-corrected chi connectivity index (χ2v) is 9.13. The fourth-order valence-electron chi connectivity index (χ4n) is 3.59. The molecule has 0 radical (unpaired) electrons. The Morgan fingerprint density at radius 2 is 1.73 bits per heavy atom. The lowest BCUT2D eigenvalue weighted by Crippen LogP contribution is -2.19. The van der Waals surface area contributed by atoms with E-state index in [1.165, 1.54) is 23.1 Å². The summed E-state index contributed by atoms with van der Waals surface area (Å²) < 4.78 is 0. The van der Waals surface area contributed by atoms with Gasteiger partial charge in [0, 0.05) is 14.7 Å². The van der Waals surface area contributed by atoms with E-state index in [4.69, 9.17) is 5.73 Å². The number of carbonyl (C=O) groups is 2. The number of benzene rings is 2. The van der Waals surface area contributed by atoms with Crippen molar-refractivity contribution in [1.82, 2.24) is 0 Å². The number of hydrogen-bond donors (Lipinski definition) is 2. The number of amides is 2. The molecule has 0 atom stereocenters. The van der Waals surface area contributed by atoms with Gasteiger partial charge in [-0.1, -0.05) is 36.0 Å². The largest absolute Gasteiger partial charge is 0.365 e. The van der Waals surface area contributed by atoms with Gasteiger partial charge < -0.3 is 11.1 Å². The SMILES string of the molecule is N#Cc1ccccc1Sc1ccccc1C(=O)Nc1sc2c(c1C(N)=O)CCCC2. The maximum atomic E-state index is 13.1. The van der Waals surface area contributed by atoms with Crippen LogP contribution in [0.2, 0.25) is 0 Å². The molecule has 150 valence electrons. The van der Waals surface area contributed by atoms with Crippen LogP contribution in [0.1, 0.15) is 49.6 Å². The van der Waals surface area contributed by atoms with E-state index in [0.717, 1.165) is 45.9 Å². The van der Waals surface area contributed by atoms with Crippen molar-refractivity contribution >= 4 is 39.9 Å². The van der Waals surface area contributed by atoms with Crippen LogP contribution in [-0.2, 0) is 12.8 Å². The van der Waals surface area contributed by atoms with Gasteiger partial charge in [0.05, 0.1) is 16.7 Å². The van der Waals surface area contributed by atoms with Gasteiger partial charge in [0.1, 0.15) is 11.1 Å². The summed E-state index contributed by atoms with van der Waals surface area (Å²) in [6, 6.07) is 16.7. The molecule has 0 aliphatic heterocycles. The van der Waals surface area contributed by atoms with E-state index in [9.17, 15) is 14.9 Å². The molecule has 4 rings (SSSR count). The van der Waals surface area contributed by atoms with Crippen molar-refractivity contribution in [2.45, 2.75) is 35.5 Å². The molecule has 7 heteroatoms. The highest BCUT2D eigenvalue weighted by Gasteiger charge is 2.25. The fourth-order valence-corrected chi connectivity index (χ4v) is 5.91. The van der Waals surface area contributed by atoms with Crippen LogP contribution >= 0.6 is 23.1 Å². The van der Waals surface area contributed by atoms with Crippen molar-refractivity contribution in [2.24, 2.45) is 5.73 Å². The van der Waals surface area contributed by atoms with Crippen molar-refractivity contribution in [3.8, 4) is 6.07 Å². The maximum absolute atomic E-state index is 13.1. The van der Waals surface area contributed by atoms with Crippen LogP contribution in [0.5, 0.6) is 0 Å². The molecule has 0 fully saturated rings. The predicted octanol–water partition coefficient (Wildman–Crippen LogP) is 5.00. The van der Waals surface area contributed by atoms with E-state index in [1.54, 1.807) is 18.2 Å². The molecule has 3 N–H and O–H groups in total. The molecule has 0 saturated carbocycles. The summed E-state index contributed by atoms with van der Waals surface area (Å²) in [5.41, 5.74) is 8.11. The molecule has 1 aromatic heterocycles. The van der Waals surface area contributed by atoms with Crippen LogP contribution in [0.4, 0.5) is 5.00 Å². The number of carbonyl (C=O) groups excluding carboxylic acids is 2. The molecule has 1 aliphatic rings. The zero-order valence-corrected chi connectivity index (χ0v) is 17.7. The standard InChI is InChI=1S/C23H19N3O2S2/c24-13-14-7-1-4-10-17(14)29-19-12-6-3-9-16(19)22(28)26-23-20(21(25)27)15-8-2-5-11-18(15)30-23/h1,3-4,6-7,9-10,12H,2,5,8,11H2,(H2,25,27)(H,26,28). The first-order valence-corrected chi connectivity index (χ1v) is 11.2. The van der Waals surface area contributed by atoms with Gasteiger partial charge in [-0.2, -0.15) is 5.26 Å². The number of nitrogens with two attached hydrogens (primary N) is 1. The maximum Gasteiger partial charge on any atom is 0.257 e. The van der Waals surface area contributed by atoms with Crippen molar-refractivity contribution in [3.63, 3.8) is 0 Å². The molecule has 2 amide bonds. The van der Waals surface area contributed by atoms with Crippen molar-refractivity contribution < 1.29 is 9.59 Å². The highest BCUT2D eigenvalue weighted by atomic mass is 32.2. The number of fused-ring (bicyclic) bond motifs is 1. The minimum Gasteiger partial charge on any atom is -0.365 e. The zero-order valence-electron chi connectivity index (χ0n) is 16.1. The van der Waals surface area contributed by atoms with E-state index < -0.39 is 5.91 Å². The molecule has 0 bridgehead atoms. The third-order valence-corrected chi connectivity index (χ3v) is 7.36. The molecule has 1 heterocycles. The van der Waals surface area contributed by atoms with Gasteiger partial charge in [-0.05, 0) is 55.5 Å². The molecule has 0 spiro atoms. The average Bonchev–Trinajstić information content (AvgIpc) is 3.12. The molecule has 2 aromatic carbocycles. The summed E-state index contributed by atoms with van der Waals surface area (Å²) in [7, 11) is 0. The number of primary amides is 1. The summed E-state index contributed by atoms with van der Waals surface area (Å²) >= 11 is 2.82. The second-order valence-electron chi connectivity index (χ2n) is 6.94. The van der Waals surface area contributed by atoms with Crippen LogP contribution in [0, 0.1) is 11.3 Å². The number of rotatable bonds is 5. The molecule has 30 heavy (non-hydrogen) atoms. The quantitative estimate of drug-likeness (QED) is 0.592. The van der Waals surface area contributed by atoms with Gasteiger partial charge in [-0.3, -0.25) is 9.59 Å². The third kappa shape index (κ3) is 3.97. The van der Waals surface area contributed by atoms with Gasteiger partial charge >= 0.3 is 0 Å². The summed E-state index contributed by atoms with van der Waals surface area (Å²) in [6.07, 6.45) is 3.83. The summed E-state index contributed by atoms with van der Waals surface area (Å²) in [6.45, 7) is 0. The zero-order chi connectivity index (χ0) is 21.1. The fraction of sp³-hybridized carbons (Fsp3) is 0.174. The number of thiophene rings is 1. The Bertz CT molecular complexity index is 1180. The molecular formula is C23H19N3O2S2. The number of nitrogens with zero attached hydrogens (tertiary/aromatic N) is 1. The summed E-state index contributed by atoms with van der Waals surface area (Å²) in [5, 5.41) is 12.8. The number of aryl methyl sites for hydroxylation is 1. The van der Waals surface area contributed by atoms with E-state index >= 15 is 0 Å².